The topological polar surface area (TPSA) is 58.2 Å². The van der Waals surface area contributed by atoms with Crippen molar-refractivity contribution in [2.45, 2.75) is 51.0 Å². The highest BCUT2D eigenvalue weighted by molar-refractivity contribution is 6.39. The molecule has 0 bridgehead atoms. The molecule has 2 unspecified atom stereocenters. The fourth-order valence-electron chi connectivity index (χ4n) is 2.98. The molecule has 4 nitrogen and oxygen atoms in total. The van der Waals surface area contributed by atoms with Crippen LogP contribution in [0.25, 0.3) is 0 Å². The SMILES string of the molecule is CC1CCCCC1NC(=O)C(=O)Nc1cc(C(F)(F)F)cc(C(F)(F)F)c1. The highest BCUT2D eigenvalue weighted by Gasteiger charge is 2.37. The van der Waals surface area contributed by atoms with Gasteiger partial charge < -0.3 is 10.6 Å². The molecule has 1 aliphatic carbocycles. The molecule has 0 radical (unpaired) electrons. The lowest BCUT2D eigenvalue weighted by atomic mass is 9.86. The average Bonchev–Trinajstić information content (AvgIpc) is 2.55. The number of carbonyl (C=O) groups excluding carboxylic acids is 2. The zero-order valence-electron chi connectivity index (χ0n) is 14.3. The van der Waals surface area contributed by atoms with E-state index < -0.39 is 41.0 Å². The minimum atomic E-state index is -5.04. The zero-order valence-corrected chi connectivity index (χ0v) is 14.3. The van der Waals surface area contributed by atoms with Crippen molar-refractivity contribution in [2.75, 3.05) is 5.32 Å². The fourth-order valence-corrected chi connectivity index (χ4v) is 2.98. The summed E-state index contributed by atoms with van der Waals surface area (Å²) in [7, 11) is 0. The second kappa shape index (κ2) is 7.77. The van der Waals surface area contributed by atoms with Crippen LogP contribution in [0.15, 0.2) is 18.2 Å². The van der Waals surface area contributed by atoms with E-state index in [1.165, 1.54) is 0 Å². The lowest BCUT2D eigenvalue weighted by molar-refractivity contribution is -0.143. The van der Waals surface area contributed by atoms with Gasteiger partial charge in [-0.2, -0.15) is 26.3 Å². The minimum absolute atomic E-state index is 0.0561. The van der Waals surface area contributed by atoms with E-state index in [0.29, 0.717) is 18.6 Å². The molecule has 150 valence electrons. The summed E-state index contributed by atoms with van der Waals surface area (Å²) >= 11 is 0. The molecule has 10 heteroatoms. The Labute approximate surface area is 151 Å². The van der Waals surface area contributed by atoms with Crippen LogP contribution in [0, 0.1) is 5.92 Å². The number of benzene rings is 1. The lowest BCUT2D eigenvalue weighted by Crippen LogP contribution is -2.45. The molecule has 0 spiro atoms. The van der Waals surface area contributed by atoms with Crippen LogP contribution >= 0.6 is 0 Å². The maximum absolute atomic E-state index is 12.8. The minimum Gasteiger partial charge on any atom is -0.345 e. The van der Waals surface area contributed by atoms with Crippen molar-refractivity contribution < 1.29 is 35.9 Å². The lowest BCUT2D eigenvalue weighted by Gasteiger charge is -2.29. The van der Waals surface area contributed by atoms with Gasteiger partial charge in [0.25, 0.3) is 0 Å². The zero-order chi connectivity index (χ0) is 20.4. The summed E-state index contributed by atoms with van der Waals surface area (Å²) < 4.78 is 76.9. The largest absolute Gasteiger partial charge is 0.416 e. The number of anilines is 1. The van der Waals surface area contributed by atoms with Gasteiger partial charge in [0.05, 0.1) is 11.1 Å². The van der Waals surface area contributed by atoms with Crippen LogP contribution in [0.2, 0.25) is 0 Å². The molecule has 0 heterocycles. The third kappa shape index (κ3) is 5.61. The number of carbonyl (C=O) groups is 2. The Morgan fingerprint density at radius 2 is 1.41 bits per heavy atom. The summed E-state index contributed by atoms with van der Waals surface area (Å²) in [4.78, 5) is 23.9. The first-order chi connectivity index (χ1) is 12.4. The molecule has 2 amide bonds. The van der Waals surface area contributed by atoms with Gasteiger partial charge in [-0.1, -0.05) is 19.8 Å². The molecule has 27 heavy (non-hydrogen) atoms. The first kappa shape index (κ1) is 21.0. The summed E-state index contributed by atoms with van der Waals surface area (Å²) in [5.41, 5.74) is -3.91. The van der Waals surface area contributed by atoms with Crippen LogP contribution in [0.5, 0.6) is 0 Å². The summed E-state index contributed by atoms with van der Waals surface area (Å²) in [5.74, 6) is -2.29. The Kier molecular flexibility index (Phi) is 6.06. The average molecular weight is 396 g/mol. The number of hydrogen-bond donors (Lipinski definition) is 2. The predicted molar refractivity (Wildman–Crippen MR) is 84.6 cm³/mol. The Bertz CT molecular complexity index is 682. The maximum atomic E-state index is 12.8. The maximum Gasteiger partial charge on any atom is 0.416 e. The highest BCUT2D eigenvalue weighted by Crippen LogP contribution is 2.37. The van der Waals surface area contributed by atoms with Crippen molar-refractivity contribution in [2.24, 2.45) is 5.92 Å². The highest BCUT2D eigenvalue weighted by atomic mass is 19.4. The molecular weight excluding hydrogens is 378 g/mol. The Hall–Kier alpha value is -2.26. The van der Waals surface area contributed by atoms with Crippen molar-refractivity contribution >= 4 is 17.5 Å². The fraction of sp³-hybridized carbons (Fsp3) is 0.529. The van der Waals surface area contributed by atoms with Crippen molar-refractivity contribution in [3.05, 3.63) is 29.3 Å². The normalized spacial score (nSPS) is 20.9. The van der Waals surface area contributed by atoms with Gasteiger partial charge in [0.1, 0.15) is 0 Å². The van der Waals surface area contributed by atoms with Crippen LogP contribution < -0.4 is 10.6 Å². The van der Waals surface area contributed by atoms with Crippen LogP contribution in [-0.2, 0) is 21.9 Å². The van der Waals surface area contributed by atoms with Gasteiger partial charge in [0.2, 0.25) is 0 Å². The third-order valence-electron chi connectivity index (χ3n) is 4.48. The first-order valence-electron chi connectivity index (χ1n) is 8.29. The molecule has 1 aliphatic rings. The predicted octanol–water partition coefficient (Wildman–Crippen LogP) is 4.36. The van der Waals surface area contributed by atoms with Gasteiger partial charge in [-0.3, -0.25) is 9.59 Å². The van der Waals surface area contributed by atoms with Gasteiger partial charge in [0, 0.05) is 11.7 Å². The van der Waals surface area contributed by atoms with E-state index in [1.54, 1.807) is 0 Å². The molecule has 2 atom stereocenters. The van der Waals surface area contributed by atoms with Crippen LogP contribution in [0.1, 0.15) is 43.7 Å². The molecular formula is C17H18F6N2O2. The Morgan fingerprint density at radius 3 is 1.89 bits per heavy atom. The summed E-state index contributed by atoms with van der Waals surface area (Å²) in [6.45, 7) is 1.89. The van der Waals surface area contributed by atoms with E-state index >= 15 is 0 Å². The van der Waals surface area contributed by atoms with Crippen LogP contribution in [0.4, 0.5) is 32.0 Å². The van der Waals surface area contributed by atoms with Crippen LogP contribution in [0.3, 0.4) is 0 Å². The second-order valence-electron chi connectivity index (χ2n) is 6.59. The van der Waals surface area contributed by atoms with Gasteiger partial charge in [0.15, 0.2) is 0 Å². The van der Waals surface area contributed by atoms with Gasteiger partial charge in [-0.05, 0) is 37.0 Å². The van der Waals surface area contributed by atoms with Gasteiger partial charge >= 0.3 is 24.2 Å². The Morgan fingerprint density at radius 1 is 0.889 bits per heavy atom. The number of nitrogens with one attached hydrogen (secondary N) is 2. The second-order valence-corrected chi connectivity index (χ2v) is 6.59. The molecule has 1 aromatic carbocycles. The quantitative estimate of drug-likeness (QED) is 0.577. The molecule has 0 aromatic heterocycles. The molecule has 2 N–H and O–H groups in total. The van der Waals surface area contributed by atoms with E-state index in [-0.39, 0.29) is 18.0 Å². The Balaban J connectivity index is 2.17. The van der Waals surface area contributed by atoms with Crippen molar-refractivity contribution in [1.29, 1.82) is 0 Å². The third-order valence-corrected chi connectivity index (χ3v) is 4.48. The van der Waals surface area contributed by atoms with Crippen LogP contribution in [-0.4, -0.2) is 17.9 Å². The summed E-state index contributed by atoms with van der Waals surface area (Å²) in [6, 6.07) is 0.386. The number of halogens is 6. The first-order valence-corrected chi connectivity index (χ1v) is 8.29. The van der Waals surface area contributed by atoms with Crippen molar-refractivity contribution in [1.82, 2.24) is 5.32 Å². The smallest absolute Gasteiger partial charge is 0.345 e. The molecule has 2 rings (SSSR count). The van der Waals surface area contributed by atoms with E-state index in [4.69, 9.17) is 0 Å². The van der Waals surface area contributed by atoms with Gasteiger partial charge in [-0.15, -0.1) is 0 Å². The van der Waals surface area contributed by atoms with Crippen molar-refractivity contribution in [3.8, 4) is 0 Å². The van der Waals surface area contributed by atoms with Gasteiger partial charge in [-0.25, -0.2) is 0 Å². The monoisotopic (exact) mass is 396 g/mol. The molecule has 1 fully saturated rings. The summed E-state index contributed by atoms with van der Waals surface area (Å²) in [5, 5.41) is 4.30. The van der Waals surface area contributed by atoms with E-state index in [0.717, 1.165) is 19.3 Å². The van der Waals surface area contributed by atoms with E-state index in [1.807, 2.05) is 12.2 Å². The van der Waals surface area contributed by atoms with E-state index in [9.17, 15) is 35.9 Å². The number of hydrogen-bond acceptors (Lipinski definition) is 2. The standard InChI is InChI=1S/C17H18F6N2O2/c1-9-4-2-3-5-13(9)25-15(27)14(26)24-12-7-10(16(18,19)20)6-11(8-12)17(21,22)23/h6-9,13H,2-5H2,1H3,(H,24,26)(H,25,27). The number of rotatable bonds is 2. The van der Waals surface area contributed by atoms with E-state index in [2.05, 4.69) is 5.32 Å². The summed E-state index contributed by atoms with van der Waals surface area (Å²) in [6.07, 6.45) is -6.72. The molecule has 1 saturated carbocycles. The van der Waals surface area contributed by atoms with Crippen molar-refractivity contribution in [3.63, 3.8) is 0 Å². The molecule has 0 saturated heterocycles. The number of alkyl halides is 6. The molecule has 1 aromatic rings. The number of amides is 2. The molecule has 0 aliphatic heterocycles.